The number of nitrogens with one attached hydrogen (secondary N) is 1. The predicted molar refractivity (Wildman–Crippen MR) is 115 cm³/mol. The molecule has 1 unspecified atom stereocenters. The quantitative estimate of drug-likeness (QED) is 0.464. The number of aromatic nitrogens is 1. The predicted octanol–water partition coefficient (Wildman–Crippen LogP) is 5.94. The first-order chi connectivity index (χ1) is 14.8. The molecular weight excluding hydrogens is 426 g/mol. The van der Waals surface area contributed by atoms with Crippen molar-refractivity contribution in [1.82, 2.24) is 4.98 Å². The highest BCUT2D eigenvalue weighted by Crippen LogP contribution is 2.22. The first-order valence-corrected chi connectivity index (χ1v) is 10.2. The molecule has 0 aliphatic heterocycles. The lowest BCUT2D eigenvalue weighted by atomic mass is 9.97. The van der Waals surface area contributed by atoms with Crippen molar-refractivity contribution in [1.29, 1.82) is 0 Å². The van der Waals surface area contributed by atoms with Crippen molar-refractivity contribution in [2.45, 2.75) is 26.2 Å². The molecule has 3 aromatic rings. The average molecular weight is 447 g/mol. The number of hydrogen-bond donors (Lipinski definition) is 1. The van der Waals surface area contributed by atoms with Crippen LogP contribution in [-0.4, -0.2) is 23.5 Å². The van der Waals surface area contributed by atoms with E-state index in [9.17, 15) is 18.4 Å². The third-order valence-electron chi connectivity index (χ3n) is 4.92. The van der Waals surface area contributed by atoms with Crippen molar-refractivity contribution in [2.24, 2.45) is 5.92 Å². The van der Waals surface area contributed by atoms with Gasteiger partial charge in [0.1, 0.15) is 23.2 Å². The molecule has 0 aliphatic rings. The standard InChI is InChI=1S/C23H21ClF2N2O3/c1-14(20(29)8-6-15-3-2-4-19(26)22(15)24)9-10-31-23(30)28-21-12-17-11-18(25)7-5-16(17)13-27-21/h2-5,7,11-14H,6,8-10H2,1H3,(H,27,28,30). The van der Waals surface area contributed by atoms with E-state index in [1.165, 1.54) is 24.4 Å². The lowest BCUT2D eigenvalue weighted by molar-refractivity contribution is -0.122. The minimum atomic E-state index is -0.713. The van der Waals surface area contributed by atoms with E-state index < -0.39 is 11.9 Å². The molecule has 8 heteroatoms. The van der Waals surface area contributed by atoms with Crippen molar-refractivity contribution >= 4 is 40.1 Å². The van der Waals surface area contributed by atoms with Gasteiger partial charge in [-0.25, -0.2) is 18.6 Å². The van der Waals surface area contributed by atoms with Crippen LogP contribution in [0.2, 0.25) is 5.02 Å². The maximum atomic E-state index is 13.5. The van der Waals surface area contributed by atoms with Gasteiger partial charge in [0.05, 0.1) is 11.6 Å². The summed E-state index contributed by atoms with van der Waals surface area (Å²) in [5.41, 5.74) is 0.584. The Kier molecular flexibility index (Phi) is 7.52. The highest BCUT2D eigenvalue weighted by molar-refractivity contribution is 6.31. The fraction of sp³-hybridized carbons (Fsp3) is 0.261. The third-order valence-corrected chi connectivity index (χ3v) is 5.34. The Balaban J connectivity index is 1.43. The van der Waals surface area contributed by atoms with Gasteiger partial charge in [-0.05, 0) is 54.1 Å². The molecule has 3 rings (SSSR count). The highest BCUT2D eigenvalue weighted by atomic mass is 35.5. The molecular formula is C23H21ClF2N2O3. The van der Waals surface area contributed by atoms with Crippen LogP contribution in [0.3, 0.4) is 0 Å². The number of halogens is 3. The number of carbonyl (C=O) groups is 2. The van der Waals surface area contributed by atoms with E-state index in [-0.39, 0.29) is 41.4 Å². The zero-order valence-corrected chi connectivity index (χ0v) is 17.6. The van der Waals surface area contributed by atoms with Crippen LogP contribution in [0.4, 0.5) is 19.4 Å². The topological polar surface area (TPSA) is 68.3 Å². The van der Waals surface area contributed by atoms with Gasteiger partial charge in [-0.1, -0.05) is 30.7 Å². The number of rotatable bonds is 8. The SMILES string of the molecule is CC(CCOC(=O)Nc1cc2cc(F)ccc2cn1)C(=O)CCc1cccc(F)c1Cl. The van der Waals surface area contributed by atoms with Crippen LogP contribution in [0.15, 0.2) is 48.7 Å². The molecule has 0 saturated carbocycles. The maximum absolute atomic E-state index is 13.5. The summed E-state index contributed by atoms with van der Waals surface area (Å²) in [6, 6.07) is 10.3. The van der Waals surface area contributed by atoms with Crippen molar-refractivity contribution in [2.75, 3.05) is 11.9 Å². The summed E-state index contributed by atoms with van der Waals surface area (Å²) >= 11 is 5.91. The number of carbonyl (C=O) groups excluding carboxylic acids is 2. The number of aryl methyl sites for hydroxylation is 1. The molecule has 0 aliphatic carbocycles. The van der Waals surface area contributed by atoms with E-state index in [0.29, 0.717) is 23.8 Å². The second kappa shape index (κ2) is 10.3. The van der Waals surface area contributed by atoms with Crippen LogP contribution in [-0.2, 0) is 16.0 Å². The van der Waals surface area contributed by atoms with Gasteiger partial charge < -0.3 is 4.74 Å². The van der Waals surface area contributed by atoms with Gasteiger partial charge in [-0.15, -0.1) is 0 Å². The maximum Gasteiger partial charge on any atom is 0.412 e. The van der Waals surface area contributed by atoms with Gasteiger partial charge in [0.2, 0.25) is 0 Å². The Labute approximate surface area is 183 Å². The van der Waals surface area contributed by atoms with E-state index >= 15 is 0 Å². The molecule has 0 bridgehead atoms. The van der Waals surface area contributed by atoms with E-state index in [1.807, 2.05) is 0 Å². The largest absolute Gasteiger partial charge is 0.449 e. The molecule has 0 saturated heterocycles. The van der Waals surface area contributed by atoms with E-state index in [4.69, 9.17) is 16.3 Å². The normalized spacial score (nSPS) is 11.9. The number of benzene rings is 2. The van der Waals surface area contributed by atoms with Gasteiger partial charge in [0.15, 0.2) is 0 Å². The molecule has 0 radical (unpaired) electrons. The lowest BCUT2D eigenvalue weighted by Gasteiger charge is -2.12. The summed E-state index contributed by atoms with van der Waals surface area (Å²) in [4.78, 5) is 28.4. The molecule has 162 valence electrons. The molecule has 31 heavy (non-hydrogen) atoms. The Bertz CT molecular complexity index is 1110. The summed E-state index contributed by atoms with van der Waals surface area (Å²) in [6.45, 7) is 1.79. The minimum absolute atomic E-state index is 0.0254. The molecule has 1 heterocycles. The number of Topliss-reactive ketones (excluding diaryl/α,β-unsaturated/α-hetero) is 1. The summed E-state index contributed by atoms with van der Waals surface area (Å²) in [6.07, 6.45) is 1.72. The van der Waals surface area contributed by atoms with Gasteiger partial charge in [-0.2, -0.15) is 0 Å². The molecule has 5 nitrogen and oxygen atoms in total. The number of fused-ring (bicyclic) bond motifs is 1. The van der Waals surface area contributed by atoms with Gasteiger partial charge in [0, 0.05) is 23.9 Å². The van der Waals surface area contributed by atoms with Gasteiger partial charge in [-0.3, -0.25) is 10.1 Å². The Morgan fingerprint density at radius 2 is 1.97 bits per heavy atom. The van der Waals surface area contributed by atoms with E-state index in [1.54, 1.807) is 31.2 Å². The summed E-state index contributed by atoms with van der Waals surface area (Å²) in [7, 11) is 0. The van der Waals surface area contributed by atoms with E-state index in [2.05, 4.69) is 10.3 Å². The summed E-state index contributed by atoms with van der Waals surface area (Å²) in [5, 5.41) is 3.86. The number of anilines is 1. The zero-order chi connectivity index (χ0) is 22.4. The highest BCUT2D eigenvalue weighted by Gasteiger charge is 2.15. The molecule has 1 N–H and O–H groups in total. The number of nitrogens with zero attached hydrogens (tertiary/aromatic N) is 1. The summed E-state index contributed by atoms with van der Waals surface area (Å²) in [5.74, 6) is -1.01. The fourth-order valence-corrected chi connectivity index (χ4v) is 3.28. The smallest absolute Gasteiger partial charge is 0.412 e. The Morgan fingerprint density at radius 3 is 2.77 bits per heavy atom. The molecule has 2 aromatic carbocycles. The molecule has 0 fully saturated rings. The second-order valence-corrected chi connectivity index (χ2v) is 7.57. The van der Waals surface area contributed by atoms with Crippen LogP contribution in [0.5, 0.6) is 0 Å². The number of ether oxygens (including phenoxy) is 1. The molecule has 1 amide bonds. The van der Waals surface area contributed by atoms with Crippen LogP contribution in [0.1, 0.15) is 25.3 Å². The van der Waals surface area contributed by atoms with Crippen LogP contribution < -0.4 is 5.32 Å². The number of amides is 1. The lowest BCUT2D eigenvalue weighted by Crippen LogP contribution is -2.19. The first kappa shape index (κ1) is 22.6. The molecule has 1 atom stereocenters. The average Bonchev–Trinajstić information content (AvgIpc) is 2.74. The number of pyridine rings is 1. The van der Waals surface area contributed by atoms with Crippen molar-refractivity contribution in [3.05, 3.63) is 70.9 Å². The van der Waals surface area contributed by atoms with Crippen LogP contribution >= 0.6 is 11.6 Å². The minimum Gasteiger partial charge on any atom is -0.449 e. The van der Waals surface area contributed by atoms with E-state index in [0.717, 1.165) is 5.39 Å². The summed E-state index contributed by atoms with van der Waals surface area (Å²) < 4.78 is 31.9. The number of hydrogen-bond acceptors (Lipinski definition) is 4. The van der Waals surface area contributed by atoms with Crippen molar-refractivity contribution in [3.63, 3.8) is 0 Å². The zero-order valence-electron chi connectivity index (χ0n) is 16.8. The third kappa shape index (κ3) is 6.21. The fourth-order valence-electron chi connectivity index (χ4n) is 3.06. The molecule has 0 spiro atoms. The van der Waals surface area contributed by atoms with Crippen LogP contribution in [0.25, 0.3) is 10.8 Å². The van der Waals surface area contributed by atoms with Crippen LogP contribution in [0, 0.1) is 17.6 Å². The number of ketones is 1. The Hall–Kier alpha value is -3.06. The molecule has 1 aromatic heterocycles. The Morgan fingerprint density at radius 1 is 1.16 bits per heavy atom. The van der Waals surface area contributed by atoms with Gasteiger partial charge >= 0.3 is 6.09 Å². The second-order valence-electron chi connectivity index (χ2n) is 7.19. The van der Waals surface area contributed by atoms with Crippen molar-refractivity contribution < 1.29 is 23.1 Å². The monoisotopic (exact) mass is 446 g/mol. The van der Waals surface area contributed by atoms with Gasteiger partial charge in [0.25, 0.3) is 0 Å². The van der Waals surface area contributed by atoms with Crippen molar-refractivity contribution in [3.8, 4) is 0 Å². The first-order valence-electron chi connectivity index (χ1n) is 9.78.